The van der Waals surface area contributed by atoms with Gasteiger partial charge in [0, 0.05) is 16.1 Å². The van der Waals surface area contributed by atoms with Gasteiger partial charge >= 0.3 is 0 Å². The van der Waals surface area contributed by atoms with E-state index in [4.69, 9.17) is 0 Å². The van der Waals surface area contributed by atoms with Crippen LogP contribution < -0.4 is 5.32 Å². The van der Waals surface area contributed by atoms with Crippen molar-refractivity contribution in [1.29, 1.82) is 0 Å². The maximum absolute atomic E-state index is 12.2. The van der Waals surface area contributed by atoms with Gasteiger partial charge < -0.3 is 5.32 Å². The monoisotopic (exact) mass is 294 g/mol. The fraction of sp³-hybridized carbons (Fsp3) is 0.0588. The number of aromatic nitrogens is 1. The van der Waals surface area contributed by atoms with Crippen LogP contribution in [0.4, 0.5) is 5.69 Å². The van der Waals surface area contributed by atoms with Crippen molar-refractivity contribution in [2.75, 3.05) is 5.32 Å². The second kappa shape index (κ2) is 5.89. The highest BCUT2D eigenvalue weighted by atomic mass is 32.1. The number of anilines is 1. The number of aryl methyl sites for hydroxylation is 1. The van der Waals surface area contributed by atoms with Crippen LogP contribution in [0.5, 0.6) is 0 Å². The molecule has 2 aromatic carbocycles. The number of rotatable bonds is 3. The molecule has 1 N–H and O–H groups in total. The lowest BCUT2D eigenvalue weighted by Crippen LogP contribution is -2.11. The van der Waals surface area contributed by atoms with Crippen LogP contribution in [0.25, 0.3) is 11.3 Å². The van der Waals surface area contributed by atoms with E-state index in [1.807, 2.05) is 67.6 Å². The lowest BCUT2D eigenvalue weighted by atomic mass is 10.1. The molecule has 0 aliphatic rings. The number of benzene rings is 2. The van der Waals surface area contributed by atoms with Crippen LogP contribution in [0.2, 0.25) is 0 Å². The van der Waals surface area contributed by atoms with Crippen molar-refractivity contribution in [3.05, 3.63) is 70.5 Å². The Morgan fingerprint density at radius 2 is 1.62 bits per heavy atom. The predicted octanol–water partition coefficient (Wildman–Crippen LogP) is 4.37. The largest absolute Gasteiger partial charge is 0.320 e. The highest BCUT2D eigenvalue weighted by molar-refractivity contribution is 7.14. The van der Waals surface area contributed by atoms with Crippen molar-refractivity contribution >= 4 is 22.9 Å². The maximum atomic E-state index is 12.2. The van der Waals surface area contributed by atoms with Gasteiger partial charge in [0.05, 0.1) is 5.69 Å². The van der Waals surface area contributed by atoms with Gasteiger partial charge in [-0.2, -0.15) is 0 Å². The normalized spacial score (nSPS) is 10.3. The molecule has 3 nitrogen and oxygen atoms in total. The molecule has 0 saturated carbocycles. The molecule has 1 amide bonds. The minimum atomic E-state index is -0.170. The third-order valence-corrected chi connectivity index (χ3v) is 4.04. The Labute approximate surface area is 127 Å². The maximum Gasteiger partial charge on any atom is 0.284 e. The molecule has 3 aromatic rings. The first-order valence-corrected chi connectivity index (χ1v) is 7.45. The molecule has 21 heavy (non-hydrogen) atoms. The predicted molar refractivity (Wildman–Crippen MR) is 86.7 cm³/mol. The van der Waals surface area contributed by atoms with Gasteiger partial charge in [-0.05, 0) is 19.1 Å². The van der Waals surface area contributed by atoms with Gasteiger partial charge in [-0.3, -0.25) is 4.79 Å². The summed E-state index contributed by atoms with van der Waals surface area (Å²) in [4.78, 5) is 17.8. The molecule has 0 unspecified atom stereocenters. The minimum absolute atomic E-state index is 0.170. The second-order valence-corrected chi connectivity index (χ2v) is 5.81. The summed E-state index contributed by atoms with van der Waals surface area (Å²) in [5.41, 5.74) is 2.68. The van der Waals surface area contributed by atoms with Crippen LogP contribution >= 0.6 is 11.3 Å². The Kier molecular flexibility index (Phi) is 3.79. The van der Waals surface area contributed by atoms with Gasteiger partial charge in [-0.25, -0.2) is 4.98 Å². The third-order valence-electron chi connectivity index (χ3n) is 3.07. The molecular weight excluding hydrogens is 280 g/mol. The number of hydrogen-bond acceptors (Lipinski definition) is 3. The summed E-state index contributed by atoms with van der Waals surface area (Å²) in [7, 11) is 0. The van der Waals surface area contributed by atoms with E-state index in [9.17, 15) is 4.79 Å². The molecule has 1 heterocycles. The lowest BCUT2D eigenvalue weighted by molar-refractivity contribution is 0.102. The first-order valence-electron chi connectivity index (χ1n) is 6.63. The van der Waals surface area contributed by atoms with E-state index >= 15 is 0 Å². The Bertz CT molecular complexity index is 751. The van der Waals surface area contributed by atoms with E-state index < -0.39 is 0 Å². The Morgan fingerprint density at radius 1 is 1.00 bits per heavy atom. The number of nitrogens with one attached hydrogen (secondary N) is 1. The average Bonchev–Trinajstić information content (AvgIpc) is 2.91. The summed E-state index contributed by atoms with van der Waals surface area (Å²) in [5.74, 6) is -0.170. The summed E-state index contributed by atoms with van der Waals surface area (Å²) >= 11 is 1.41. The number of carbonyl (C=O) groups excluding carboxylic acids is 1. The molecule has 0 radical (unpaired) electrons. The summed E-state index contributed by atoms with van der Waals surface area (Å²) in [6, 6.07) is 19.3. The van der Waals surface area contributed by atoms with Crippen LogP contribution in [0, 0.1) is 6.92 Å². The fourth-order valence-corrected chi connectivity index (χ4v) is 2.89. The fourth-order valence-electron chi connectivity index (χ4n) is 2.06. The Morgan fingerprint density at radius 3 is 2.29 bits per heavy atom. The highest BCUT2D eigenvalue weighted by Gasteiger charge is 2.15. The molecule has 1 aromatic heterocycles. The van der Waals surface area contributed by atoms with E-state index in [1.54, 1.807) is 0 Å². The van der Waals surface area contributed by atoms with Crippen LogP contribution in [-0.2, 0) is 0 Å². The topological polar surface area (TPSA) is 42.0 Å². The van der Waals surface area contributed by atoms with Gasteiger partial charge in [0.1, 0.15) is 0 Å². The quantitative estimate of drug-likeness (QED) is 0.779. The standard InChI is InChI=1S/C17H14N2OS/c1-12-15(13-8-4-2-5-9-13)19-17(21-12)16(20)18-14-10-6-3-7-11-14/h2-11H,1H3,(H,18,20). The van der Waals surface area contributed by atoms with Crippen molar-refractivity contribution < 1.29 is 4.79 Å². The summed E-state index contributed by atoms with van der Waals surface area (Å²) in [6.07, 6.45) is 0. The molecule has 3 rings (SSSR count). The van der Waals surface area contributed by atoms with Gasteiger partial charge in [0.25, 0.3) is 5.91 Å². The van der Waals surface area contributed by atoms with Gasteiger partial charge in [-0.1, -0.05) is 48.5 Å². The first-order chi connectivity index (χ1) is 10.2. The summed E-state index contributed by atoms with van der Waals surface area (Å²) in [5, 5.41) is 3.34. The average molecular weight is 294 g/mol. The van der Waals surface area contributed by atoms with Crippen molar-refractivity contribution in [3.8, 4) is 11.3 Å². The van der Waals surface area contributed by atoms with Crippen molar-refractivity contribution in [2.24, 2.45) is 0 Å². The number of amides is 1. The van der Waals surface area contributed by atoms with Crippen LogP contribution in [0.15, 0.2) is 60.7 Å². The minimum Gasteiger partial charge on any atom is -0.320 e. The SMILES string of the molecule is Cc1sc(C(=O)Nc2ccccc2)nc1-c1ccccc1. The molecule has 0 bridgehead atoms. The zero-order valence-corrected chi connectivity index (χ0v) is 12.4. The zero-order chi connectivity index (χ0) is 14.7. The summed E-state index contributed by atoms with van der Waals surface area (Å²) in [6.45, 7) is 1.99. The number of para-hydroxylation sites is 1. The third kappa shape index (κ3) is 3.01. The number of nitrogens with zero attached hydrogens (tertiary/aromatic N) is 1. The van der Waals surface area contributed by atoms with Gasteiger partial charge in [0.2, 0.25) is 0 Å². The molecule has 0 fully saturated rings. The molecule has 0 aliphatic carbocycles. The first kappa shape index (κ1) is 13.5. The zero-order valence-electron chi connectivity index (χ0n) is 11.5. The molecule has 0 atom stereocenters. The lowest BCUT2D eigenvalue weighted by Gasteiger charge is -2.01. The van der Waals surface area contributed by atoms with Crippen molar-refractivity contribution in [3.63, 3.8) is 0 Å². The highest BCUT2D eigenvalue weighted by Crippen LogP contribution is 2.27. The van der Waals surface area contributed by atoms with Gasteiger partial charge in [-0.15, -0.1) is 11.3 Å². The summed E-state index contributed by atoms with van der Waals surface area (Å²) < 4.78 is 0. The van der Waals surface area contributed by atoms with E-state index in [-0.39, 0.29) is 5.91 Å². The molecule has 0 aliphatic heterocycles. The molecular formula is C17H14N2OS. The van der Waals surface area contributed by atoms with Crippen molar-refractivity contribution in [1.82, 2.24) is 4.98 Å². The van der Waals surface area contributed by atoms with E-state index in [1.165, 1.54) is 11.3 Å². The van der Waals surface area contributed by atoms with Gasteiger partial charge in [0.15, 0.2) is 5.01 Å². The van der Waals surface area contributed by atoms with Crippen LogP contribution in [-0.4, -0.2) is 10.9 Å². The van der Waals surface area contributed by atoms with E-state index in [0.29, 0.717) is 5.01 Å². The molecule has 104 valence electrons. The van der Waals surface area contributed by atoms with E-state index in [2.05, 4.69) is 10.3 Å². The van der Waals surface area contributed by atoms with Crippen molar-refractivity contribution in [2.45, 2.75) is 6.92 Å². The number of carbonyl (C=O) groups is 1. The molecule has 4 heteroatoms. The van der Waals surface area contributed by atoms with Crippen LogP contribution in [0.3, 0.4) is 0 Å². The Balaban J connectivity index is 1.86. The molecule has 0 saturated heterocycles. The molecule has 0 spiro atoms. The number of thiazole rings is 1. The van der Waals surface area contributed by atoms with E-state index in [0.717, 1.165) is 21.8 Å². The second-order valence-electron chi connectivity index (χ2n) is 4.61. The smallest absolute Gasteiger partial charge is 0.284 e. The Hall–Kier alpha value is -2.46. The van der Waals surface area contributed by atoms with Crippen LogP contribution in [0.1, 0.15) is 14.7 Å². The number of hydrogen-bond donors (Lipinski definition) is 1.